The van der Waals surface area contributed by atoms with Gasteiger partial charge in [0.2, 0.25) is 5.91 Å². The normalized spacial score (nSPS) is 14.5. The van der Waals surface area contributed by atoms with E-state index in [-0.39, 0.29) is 25.0 Å². The van der Waals surface area contributed by atoms with E-state index in [1.807, 2.05) is 42.5 Å². The van der Waals surface area contributed by atoms with Crippen LogP contribution in [0.4, 0.5) is 5.69 Å². The van der Waals surface area contributed by atoms with E-state index >= 15 is 0 Å². The van der Waals surface area contributed by atoms with Crippen molar-refractivity contribution < 1.29 is 13.9 Å². The van der Waals surface area contributed by atoms with Gasteiger partial charge < -0.3 is 14.5 Å². The second kappa shape index (κ2) is 7.70. The number of oxazole rings is 1. The van der Waals surface area contributed by atoms with Crippen LogP contribution < -0.4 is 15.8 Å². The standard InChI is InChI=1S/C21H22N2O4/c24-20(12-13-23-18-10-3-4-11-19(18)27-21(23)25)22-15-6-5-9-17(14-15)26-16-7-1-2-8-16/h3-6,9-11,14,16H,1-2,7-8,12-13H2,(H,22,24). The fraction of sp³-hybridized carbons (Fsp3) is 0.333. The first kappa shape index (κ1) is 17.4. The number of hydrogen-bond acceptors (Lipinski definition) is 4. The van der Waals surface area contributed by atoms with Gasteiger partial charge in [-0.15, -0.1) is 0 Å². The number of aromatic nitrogens is 1. The van der Waals surface area contributed by atoms with Crippen LogP contribution in [0.3, 0.4) is 0 Å². The van der Waals surface area contributed by atoms with E-state index < -0.39 is 5.76 Å². The molecule has 0 unspecified atom stereocenters. The minimum absolute atomic E-state index is 0.162. The highest BCUT2D eigenvalue weighted by molar-refractivity contribution is 5.90. The molecule has 6 nitrogen and oxygen atoms in total. The number of ether oxygens (including phenoxy) is 1. The first-order valence-electron chi connectivity index (χ1n) is 9.34. The smallest absolute Gasteiger partial charge is 0.419 e. The van der Waals surface area contributed by atoms with Crippen LogP contribution in [-0.2, 0) is 11.3 Å². The highest BCUT2D eigenvalue weighted by Gasteiger charge is 2.16. The molecule has 0 atom stereocenters. The Bertz CT molecular complexity index is 999. The second-order valence-corrected chi connectivity index (χ2v) is 6.84. The minimum atomic E-state index is -0.448. The van der Waals surface area contributed by atoms with Gasteiger partial charge in [0.15, 0.2) is 5.58 Å². The van der Waals surface area contributed by atoms with Crippen LogP contribution in [0.5, 0.6) is 5.75 Å². The van der Waals surface area contributed by atoms with Crippen LogP contribution in [0.15, 0.2) is 57.7 Å². The number of fused-ring (bicyclic) bond motifs is 1. The molecule has 1 saturated carbocycles. The Morgan fingerprint density at radius 1 is 1.15 bits per heavy atom. The fourth-order valence-electron chi connectivity index (χ4n) is 3.51. The van der Waals surface area contributed by atoms with Crippen molar-refractivity contribution in [1.29, 1.82) is 0 Å². The van der Waals surface area contributed by atoms with Gasteiger partial charge in [-0.3, -0.25) is 9.36 Å². The molecule has 0 spiro atoms. The van der Waals surface area contributed by atoms with Gasteiger partial charge in [0, 0.05) is 24.7 Å². The summed E-state index contributed by atoms with van der Waals surface area (Å²) in [5.41, 5.74) is 1.92. The molecule has 0 saturated heterocycles. The average molecular weight is 366 g/mol. The third-order valence-corrected chi connectivity index (χ3v) is 4.86. The zero-order valence-electron chi connectivity index (χ0n) is 15.0. The summed E-state index contributed by atoms with van der Waals surface area (Å²) in [5.74, 6) is 0.165. The average Bonchev–Trinajstić information content (AvgIpc) is 3.27. The van der Waals surface area contributed by atoms with Crippen molar-refractivity contribution in [3.05, 3.63) is 59.1 Å². The van der Waals surface area contributed by atoms with Crippen LogP contribution in [0.1, 0.15) is 32.1 Å². The van der Waals surface area contributed by atoms with Crippen molar-refractivity contribution in [2.45, 2.75) is 44.8 Å². The van der Waals surface area contributed by atoms with Crippen molar-refractivity contribution in [2.75, 3.05) is 5.32 Å². The molecule has 27 heavy (non-hydrogen) atoms. The summed E-state index contributed by atoms with van der Waals surface area (Å²) in [6.07, 6.45) is 5.05. The summed E-state index contributed by atoms with van der Waals surface area (Å²) >= 11 is 0. The molecule has 1 heterocycles. The highest BCUT2D eigenvalue weighted by Crippen LogP contribution is 2.25. The Kier molecular flexibility index (Phi) is 4.96. The summed E-state index contributed by atoms with van der Waals surface area (Å²) < 4.78 is 12.6. The summed E-state index contributed by atoms with van der Waals surface area (Å²) in [4.78, 5) is 24.3. The van der Waals surface area contributed by atoms with E-state index in [9.17, 15) is 9.59 Å². The molecule has 1 fully saturated rings. The highest BCUT2D eigenvalue weighted by atomic mass is 16.5. The number of benzene rings is 2. The van der Waals surface area contributed by atoms with Crippen LogP contribution in [0.25, 0.3) is 11.1 Å². The number of amides is 1. The van der Waals surface area contributed by atoms with Crippen LogP contribution in [0, 0.1) is 0 Å². The molecule has 1 N–H and O–H groups in total. The zero-order valence-corrected chi connectivity index (χ0v) is 15.0. The molecule has 6 heteroatoms. The number of rotatable bonds is 6. The van der Waals surface area contributed by atoms with Gasteiger partial charge in [0.25, 0.3) is 0 Å². The molecule has 1 aromatic heterocycles. The molecule has 4 rings (SSSR count). The van der Waals surface area contributed by atoms with Gasteiger partial charge in [-0.05, 0) is 49.9 Å². The first-order valence-corrected chi connectivity index (χ1v) is 9.34. The molecule has 1 aliphatic carbocycles. The maximum absolute atomic E-state index is 12.3. The Morgan fingerprint density at radius 2 is 1.96 bits per heavy atom. The molecular weight excluding hydrogens is 344 g/mol. The quantitative estimate of drug-likeness (QED) is 0.717. The summed E-state index contributed by atoms with van der Waals surface area (Å²) in [6.45, 7) is 0.264. The largest absolute Gasteiger partial charge is 0.490 e. The van der Waals surface area contributed by atoms with Gasteiger partial charge in [-0.25, -0.2) is 4.79 Å². The minimum Gasteiger partial charge on any atom is -0.490 e. The molecule has 0 bridgehead atoms. The fourth-order valence-corrected chi connectivity index (χ4v) is 3.51. The molecule has 0 aliphatic heterocycles. The monoisotopic (exact) mass is 366 g/mol. The van der Waals surface area contributed by atoms with Gasteiger partial charge in [-0.1, -0.05) is 18.2 Å². The molecule has 1 amide bonds. The number of anilines is 1. The topological polar surface area (TPSA) is 73.5 Å². The van der Waals surface area contributed by atoms with Crippen LogP contribution in [-0.4, -0.2) is 16.6 Å². The number of nitrogens with zero attached hydrogens (tertiary/aromatic N) is 1. The number of nitrogens with one attached hydrogen (secondary N) is 1. The lowest BCUT2D eigenvalue weighted by molar-refractivity contribution is -0.116. The number of aryl methyl sites for hydroxylation is 1. The van der Waals surface area contributed by atoms with Crippen molar-refractivity contribution in [3.63, 3.8) is 0 Å². The summed E-state index contributed by atoms with van der Waals surface area (Å²) in [5, 5.41) is 2.87. The zero-order chi connectivity index (χ0) is 18.6. The van der Waals surface area contributed by atoms with E-state index in [1.54, 1.807) is 6.07 Å². The van der Waals surface area contributed by atoms with Gasteiger partial charge >= 0.3 is 5.76 Å². The lowest BCUT2D eigenvalue weighted by Gasteiger charge is -2.14. The van der Waals surface area contributed by atoms with E-state index in [1.165, 1.54) is 17.4 Å². The van der Waals surface area contributed by atoms with E-state index in [4.69, 9.17) is 9.15 Å². The Morgan fingerprint density at radius 3 is 2.81 bits per heavy atom. The molecule has 3 aromatic rings. The van der Waals surface area contributed by atoms with Gasteiger partial charge in [-0.2, -0.15) is 0 Å². The molecule has 1 aliphatic rings. The number of carbonyl (C=O) groups excluding carboxylic acids is 1. The first-order chi connectivity index (χ1) is 13.2. The maximum atomic E-state index is 12.3. The Balaban J connectivity index is 1.38. The predicted octanol–water partition coefficient (Wildman–Crippen LogP) is 3.94. The molecule has 2 aromatic carbocycles. The van der Waals surface area contributed by atoms with E-state index in [0.717, 1.165) is 18.6 Å². The number of hydrogen-bond donors (Lipinski definition) is 1. The summed E-state index contributed by atoms with van der Waals surface area (Å²) in [7, 11) is 0. The molecule has 140 valence electrons. The van der Waals surface area contributed by atoms with E-state index in [2.05, 4.69) is 5.32 Å². The molecule has 0 radical (unpaired) electrons. The predicted molar refractivity (Wildman–Crippen MR) is 103 cm³/mol. The van der Waals surface area contributed by atoms with Gasteiger partial charge in [0.05, 0.1) is 11.6 Å². The number of carbonyl (C=O) groups is 1. The number of para-hydroxylation sites is 2. The third kappa shape index (κ3) is 4.05. The van der Waals surface area contributed by atoms with Crippen molar-refractivity contribution >= 4 is 22.7 Å². The Labute approximate surface area is 156 Å². The molecular formula is C21H22N2O4. The SMILES string of the molecule is O=C(CCn1c(=O)oc2ccccc21)Nc1cccc(OC2CCCC2)c1. The summed E-state index contributed by atoms with van der Waals surface area (Å²) in [6, 6.07) is 14.6. The van der Waals surface area contributed by atoms with Crippen molar-refractivity contribution in [1.82, 2.24) is 4.57 Å². The van der Waals surface area contributed by atoms with E-state index in [0.29, 0.717) is 16.8 Å². The van der Waals surface area contributed by atoms with Crippen molar-refractivity contribution in [2.24, 2.45) is 0 Å². The van der Waals surface area contributed by atoms with Crippen LogP contribution in [0.2, 0.25) is 0 Å². The van der Waals surface area contributed by atoms with Gasteiger partial charge in [0.1, 0.15) is 5.75 Å². The van der Waals surface area contributed by atoms with Crippen LogP contribution >= 0.6 is 0 Å². The van der Waals surface area contributed by atoms with Crippen molar-refractivity contribution in [3.8, 4) is 5.75 Å². The lowest BCUT2D eigenvalue weighted by Crippen LogP contribution is -2.19. The second-order valence-electron chi connectivity index (χ2n) is 6.84. The lowest BCUT2D eigenvalue weighted by atomic mass is 10.2. The maximum Gasteiger partial charge on any atom is 0.419 e. The third-order valence-electron chi connectivity index (χ3n) is 4.86. The Hall–Kier alpha value is -3.02.